The highest BCUT2D eigenvalue weighted by Crippen LogP contribution is 2.33. The summed E-state index contributed by atoms with van der Waals surface area (Å²) in [6.45, 7) is 1.52. The molecule has 0 aliphatic carbocycles. The van der Waals surface area contributed by atoms with Crippen LogP contribution in [0.4, 0.5) is 14.6 Å². The van der Waals surface area contributed by atoms with Gasteiger partial charge in [0.15, 0.2) is 5.82 Å². The van der Waals surface area contributed by atoms with Crippen LogP contribution in [0.3, 0.4) is 0 Å². The summed E-state index contributed by atoms with van der Waals surface area (Å²) in [6, 6.07) is 10.5. The van der Waals surface area contributed by atoms with Gasteiger partial charge in [0, 0.05) is 6.07 Å². The SMILES string of the molecule is Cc1onc(NS(=O)(=O)c2ccccc2)c1-c1cc(F)cc(F)c1. The lowest BCUT2D eigenvalue weighted by Crippen LogP contribution is -2.13. The fourth-order valence-electron chi connectivity index (χ4n) is 2.27. The lowest BCUT2D eigenvalue weighted by molar-refractivity contribution is 0.401. The Hall–Kier alpha value is -2.74. The zero-order valence-corrected chi connectivity index (χ0v) is 13.3. The second kappa shape index (κ2) is 6.04. The van der Waals surface area contributed by atoms with Gasteiger partial charge < -0.3 is 4.52 Å². The molecule has 1 N–H and O–H groups in total. The van der Waals surface area contributed by atoms with Gasteiger partial charge in [-0.05, 0) is 36.8 Å². The van der Waals surface area contributed by atoms with Crippen molar-refractivity contribution in [2.45, 2.75) is 11.8 Å². The monoisotopic (exact) mass is 350 g/mol. The molecule has 0 spiro atoms. The molecule has 0 amide bonds. The van der Waals surface area contributed by atoms with Gasteiger partial charge in [0.2, 0.25) is 0 Å². The number of sulfonamides is 1. The van der Waals surface area contributed by atoms with E-state index in [1.807, 2.05) is 0 Å². The van der Waals surface area contributed by atoms with Gasteiger partial charge in [-0.25, -0.2) is 17.2 Å². The average molecular weight is 350 g/mol. The summed E-state index contributed by atoms with van der Waals surface area (Å²) in [7, 11) is -3.91. The van der Waals surface area contributed by atoms with E-state index in [1.165, 1.54) is 19.1 Å². The van der Waals surface area contributed by atoms with Crippen LogP contribution in [0.25, 0.3) is 11.1 Å². The van der Waals surface area contributed by atoms with Crippen molar-refractivity contribution < 1.29 is 21.7 Å². The van der Waals surface area contributed by atoms with E-state index in [9.17, 15) is 17.2 Å². The van der Waals surface area contributed by atoms with Gasteiger partial charge in [-0.3, -0.25) is 4.72 Å². The fourth-order valence-corrected chi connectivity index (χ4v) is 3.29. The molecular weight excluding hydrogens is 338 g/mol. The van der Waals surface area contributed by atoms with Gasteiger partial charge in [0.1, 0.15) is 17.4 Å². The molecule has 0 unspecified atom stereocenters. The molecule has 0 saturated carbocycles. The molecule has 0 fully saturated rings. The van der Waals surface area contributed by atoms with Crippen molar-refractivity contribution in [2.75, 3.05) is 4.72 Å². The van der Waals surface area contributed by atoms with Gasteiger partial charge in [-0.1, -0.05) is 23.4 Å². The number of halogens is 2. The van der Waals surface area contributed by atoms with Crippen LogP contribution in [0.5, 0.6) is 0 Å². The Morgan fingerprint density at radius 1 is 1.04 bits per heavy atom. The average Bonchev–Trinajstić information content (AvgIpc) is 2.87. The maximum Gasteiger partial charge on any atom is 0.263 e. The molecule has 1 aromatic heterocycles. The molecular formula is C16H12F2N2O3S. The summed E-state index contributed by atoms with van der Waals surface area (Å²) >= 11 is 0. The van der Waals surface area contributed by atoms with Crippen molar-refractivity contribution in [3.63, 3.8) is 0 Å². The van der Waals surface area contributed by atoms with Crippen molar-refractivity contribution in [3.05, 3.63) is 65.9 Å². The number of nitrogens with one attached hydrogen (secondary N) is 1. The minimum absolute atomic E-state index is 0.0297. The number of rotatable bonds is 4. The number of aromatic nitrogens is 1. The molecule has 24 heavy (non-hydrogen) atoms. The van der Waals surface area contributed by atoms with E-state index in [0.717, 1.165) is 18.2 Å². The van der Waals surface area contributed by atoms with E-state index in [-0.39, 0.29) is 27.6 Å². The normalized spacial score (nSPS) is 11.5. The van der Waals surface area contributed by atoms with Crippen LogP contribution < -0.4 is 4.72 Å². The topological polar surface area (TPSA) is 72.2 Å². The van der Waals surface area contributed by atoms with Gasteiger partial charge in [-0.15, -0.1) is 0 Å². The summed E-state index contributed by atoms with van der Waals surface area (Å²) in [5, 5.41) is 3.65. The van der Waals surface area contributed by atoms with E-state index in [1.54, 1.807) is 18.2 Å². The molecule has 0 radical (unpaired) electrons. The summed E-state index contributed by atoms with van der Waals surface area (Å²) in [5.41, 5.74) is 0.296. The largest absolute Gasteiger partial charge is 0.359 e. The first-order valence-electron chi connectivity index (χ1n) is 6.87. The first kappa shape index (κ1) is 16.1. The molecule has 2 aromatic carbocycles. The molecule has 8 heteroatoms. The zero-order valence-electron chi connectivity index (χ0n) is 12.5. The van der Waals surface area contributed by atoms with Crippen molar-refractivity contribution in [1.82, 2.24) is 5.16 Å². The minimum Gasteiger partial charge on any atom is -0.359 e. The number of nitrogens with zero attached hydrogens (tertiary/aromatic N) is 1. The third kappa shape index (κ3) is 3.13. The van der Waals surface area contributed by atoms with Crippen LogP contribution in [0.2, 0.25) is 0 Å². The molecule has 0 bridgehead atoms. The van der Waals surface area contributed by atoms with E-state index in [4.69, 9.17) is 4.52 Å². The Bertz CT molecular complexity index is 966. The second-order valence-electron chi connectivity index (χ2n) is 5.04. The van der Waals surface area contributed by atoms with Gasteiger partial charge in [-0.2, -0.15) is 0 Å². The maximum absolute atomic E-state index is 13.5. The third-order valence-corrected chi connectivity index (χ3v) is 4.65. The molecule has 0 saturated heterocycles. The molecule has 0 aliphatic rings. The van der Waals surface area contributed by atoms with Gasteiger partial charge >= 0.3 is 0 Å². The molecule has 3 rings (SSSR count). The lowest BCUT2D eigenvalue weighted by Gasteiger charge is -2.08. The first-order valence-corrected chi connectivity index (χ1v) is 8.36. The Labute approximate surface area is 137 Å². The van der Waals surface area contributed by atoms with Crippen molar-refractivity contribution in [3.8, 4) is 11.1 Å². The highest BCUT2D eigenvalue weighted by atomic mass is 32.2. The molecule has 0 atom stereocenters. The van der Waals surface area contributed by atoms with Crippen molar-refractivity contribution in [2.24, 2.45) is 0 Å². The maximum atomic E-state index is 13.5. The number of hydrogen-bond donors (Lipinski definition) is 1. The van der Waals surface area contributed by atoms with Gasteiger partial charge in [0.25, 0.3) is 10.0 Å². The van der Waals surface area contributed by atoms with Crippen LogP contribution >= 0.6 is 0 Å². The Morgan fingerprint density at radius 2 is 1.67 bits per heavy atom. The molecule has 124 valence electrons. The standard InChI is InChI=1S/C16H12F2N2O3S/c1-10-15(11-7-12(17)9-13(18)8-11)16(19-23-10)20-24(21,22)14-5-3-2-4-6-14/h2-9H,1H3,(H,19,20). The van der Waals surface area contributed by atoms with Crippen LogP contribution in [-0.4, -0.2) is 13.6 Å². The van der Waals surface area contributed by atoms with E-state index < -0.39 is 21.7 Å². The second-order valence-corrected chi connectivity index (χ2v) is 6.72. The van der Waals surface area contributed by atoms with Crippen molar-refractivity contribution >= 4 is 15.8 Å². The number of aryl methyl sites for hydroxylation is 1. The van der Waals surface area contributed by atoms with Crippen molar-refractivity contribution in [1.29, 1.82) is 0 Å². The predicted octanol–water partition coefficient (Wildman–Crippen LogP) is 3.73. The van der Waals surface area contributed by atoms with E-state index >= 15 is 0 Å². The first-order chi connectivity index (χ1) is 11.4. The quantitative estimate of drug-likeness (QED) is 0.778. The minimum atomic E-state index is -3.91. The molecule has 3 aromatic rings. The van der Waals surface area contributed by atoms with Crippen LogP contribution in [0.1, 0.15) is 5.76 Å². The summed E-state index contributed by atoms with van der Waals surface area (Å²) < 4.78 is 59.0. The third-order valence-electron chi connectivity index (χ3n) is 3.30. The van der Waals surface area contributed by atoms with Gasteiger partial charge in [0.05, 0.1) is 10.5 Å². The Morgan fingerprint density at radius 3 is 2.29 bits per heavy atom. The van der Waals surface area contributed by atoms with E-state index in [0.29, 0.717) is 0 Å². The lowest BCUT2D eigenvalue weighted by atomic mass is 10.1. The summed E-state index contributed by atoms with van der Waals surface area (Å²) in [4.78, 5) is 0.0297. The molecule has 5 nitrogen and oxygen atoms in total. The predicted molar refractivity (Wildman–Crippen MR) is 83.8 cm³/mol. The molecule has 1 heterocycles. The number of hydrogen-bond acceptors (Lipinski definition) is 4. The number of benzene rings is 2. The van der Waals surface area contributed by atoms with Crippen LogP contribution in [0, 0.1) is 18.6 Å². The highest BCUT2D eigenvalue weighted by molar-refractivity contribution is 7.92. The smallest absolute Gasteiger partial charge is 0.263 e. The zero-order chi connectivity index (χ0) is 17.3. The van der Waals surface area contributed by atoms with Crippen LogP contribution in [-0.2, 0) is 10.0 Å². The highest BCUT2D eigenvalue weighted by Gasteiger charge is 2.22. The molecule has 0 aliphatic heterocycles. The summed E-state index contributed by atoms with van der Waals surface area (Å²) in [6.07, 6.45) is 0. The van der Waals surface area contributed by atoms with E-state index in [2.05, 4.69) is 9.88 Å². The van der Waals surface area contributed by atoms with Crippen LogP contribution in [0.15, 0.2) is 57.9 Å². The Kier molecular flexibility index (Phi) is 4.06. The Balaban J connectivity index is 2.05. The number of anilines is 1. The summed E-state index contributed by atoms with van der Waals surface area (Å²) in [5.74, 6) is -1.49. The fraction of sp³-hybridized carbons (Fsp3) is 0.0625.